The number of hydrogen-bond donors (Lipinski definition) is 1. The van der Waals surface area contributed by atoms with Crippen molar-refractivity contribution in [3.05, 3.63) is 35.9 Å². The quantitative estimate of drug-likeness (QED) is 0.900. The van der Waals surface area contributed by atoms with E-state index in [0.29, 0.717) is 5.92 Å². The lowest BCUT2D eigenvalue weighted by molar-refractivity contribution is 0.0655. The summed E-state index contributed by atoms with van der Waals surface area (Å²) in [7, 11) is 0. The molecule has 1 unspecified atom stereocenters. The van der Waals surface area contributed by atoms with Crippen LogP contribution in [0.15, 0.2) is 30.3 Å². The van der Waals surface area contributed by atoms with Crippen LogP contribution in [0, 0.1) is 5.92 Å². The first-order valence-electron chi connectivity index (χ1n) is 7.45. The first kappa shape index (κ1) is 14.5. The molecule has 19 heavy (non-hydrogen) atoms. The van der Waals surface area contributed by atoms with Gasteiger partial charge >= 0.3 is 0 Å². The summed E-state index contributed by atoms with van der Waals surface area (Å²) in [5, 5.41) is 9.66. The topological polar surface area (TPSA) is 23.5 Å². The Balaban J connectivity index is 1.92. The van der Waals surface area contributed by atoms with E-state index in [4.69, 9.17) is 0 Å². The van der Waals surface area contributed by atoms with E-state index in [2.05, 4.69) is 49.1 Å². The number of rotatable bonds is 4. The van der Waals surface area contributed by atoms with E-state index in [9.17, 15) is 5.11 Å². The molecule has 106 valence electrons. The summed E-state index contributed by atoms with van der Waals surface area (Å²) in [5.74, 6) is 0.496. The highest BCUT2D eigenvalue weighted by molar-refractivity contribution is 5.23. The number of piperidine rings is 1. The zero-order valence-corrected chi connectivity index (χ0v) is 12.5. The Morgan fingerprint density at radius 1 is 1.21 bits per heavy atom. The molecule has 1 N–H and O–H groups in total. The highest BCUT2D eigenvalue weighted by Gasteiger charge is 2.28. The summed E-state index contributed by atoms with van der Waals surface area (Å²) in [6.45, 7) is 9.90. The molecule has 1 aliphatic rings. The van der Waals surface area contributed by atoms with Crippen molar-refractivity contribution in [1.29, 1.82) is 0 Å². The predicted octanol–water partition coefficient (Wildman–Crippen LogP) is 3.06. The molecule has 1 heterocycles. The van der Waals surface area contributed by atoms with Gasteiger partial charge in [0.2, 0.25) is 0 Å². The van der Waals surface area contributed by atoms with E-state index in [1.165, 1.54) is 5.56 Å². The third kappa shape index (κ3) is 3.80. The Hall–Kier alpha value is -0.860. The van der Waals surface area contributed by atoms with Gasteiger partial charge in [0.15, 0.2) is 0 Å². The van der Waals surface area contributed by atoms with Crippen LogP contribution in [0.2, 0.25) is 0 Å². The van der Waals surface area contributed by atoms with E-state index in [1.807, 2.05) is 6.92 Å². The average Bonchev–Trinajstić information content (AvgIpc) is 2.40. The highest BCUT2D eigenvalue weighted by Crippen LogP contribution is 2.27. The molecule has 0 amide bonds. The Bertz CT molecular complexity index is 378. The lowest BCUT2D eigenvalue weighted by Gasteiger charge is -2.38. The van der Waals surface area contributed by atoms with Gasteiger partial charge in [0.25, 0.3) is 0 Å². The zero-order valence-electron chi connectivity index (χ0n) is 12.5. The first-order chi connectivity index (χ1) is 8.99. The van der Waals surface area contributed by atoms with E-state index in [0.717, 1.165) is 32.5 Å². The Morgan fingerprint density at radius 3 is 2.32 bits per heavy atom. The SMILES string of the molecule is CC(O)C1CCN(CC(C)(C)c2ccccc2)CC1. The van der Waals surface area contributed by atoms with Gasteiger partial charge < -0.3 is 10.0 Å². The third-order valence-electron chi connectivity index (χ3n) is 4.49. The third-order valence-corrected chi connectivity index (χ3v) is 4.49. The van der Waals surface area contributed by atoms with E-state index >= 15 is 0 Å². The monoisotopic (exact) mass is 261 g/mol. The average molecular weight is 261 g/mol. The number of likely N-dealkylation sites (tertiary alicyclic amines) is 1. The van der Waals surface area contributed by atoms with Crippen LogP contribution in [0.4, 0.5) is 0 Å². The molecule has 2 rings (SSSR count). The number of aliphatic hydroxyl groups excluding tert-OH is 1. The maximum atomic E-state index is 9.66. The Morgan fingerprint density at radius 2 is 1.79 bits per heavy atom. The lowest BCUT2D eigenvalue weighted by Crippen LogP contribution is -2.43. The maximum Gasteiger partial charge on any atom is 0.0541 e. The summed E-state index contributed by atoms with van der Waals surface area (Å²) in [6.07, 6.45) is 2.11. The highest BCUT2D eigenvalue weighted by atomic mass is 16.3. The second kappa shape index (κ2) is 6.06. The van der Waals surface area contributed by atoms with Gasteiger partial charge in [-0.25, -0.2) is 0 Å². The zero-order chi connectivity index (χ0) is 13.9. The van der Waals surface area contributed by atoms with Crippen LogP contribution in [0.5, 0.6) is 0 Å². The summed E-state index contributed by atoms with van der Waals surface area (Å²) >= 11 is 0. The van der Waals surface area contributed by atoms with Crippen LogP contribution in [0.1, 0.15) is 39.2 Å². The minimum atomic E-state index is -0.149. The molecule has 0 radical (unpaired) electrons. The molecular formula is C17H27NO. The van der Waals surface area contributed by atoms with Gasteiger partial charge in [-0.1, -0.05) is 44.2 Å². The van der Waals surface area contributed by atoms with Crippen molar-refractivity contribution in [2.45, 2.75) is 45.1 Å². The number of hydrogen-bond acceptors (Lipinski definition) is 2. The lowest BCUT2D eigenvalue weighted by atomic mass is 9.83. The van der Waals surface area contributed by atoms with Gasteiger partial charge in [-0.3, -0.25) is 0 Å². The van der Waals surface area contributed by atoms with Crippen LogP contribution >= 0.6 is 0 Å². The minimum Gasteiger partial charge on any atom is -0.393 e. The number of benzene rings is 1. The van der Waals surface area contributed by atoms with Gasteiger partial charge in [0, 0.05) is 12.0 Å². The van der Waals surface area contributed by atoms with Gasteiger partial charge in [0.1, 0.15) is 0 Å². The Kier molecular flexibility index (Phi) is 4.64. The van der Waals surface area contributed by atoms with E-state index in [-0.39, 0.29) is 11.5 Å². The summed E-state index contributed by atoms with van der Waals surface area (Å²) < 4.78 is 0. The molecule has 2 heteroatoms. The van der Waals surface area contributed by atoms with Crippen molar-refractivity contribution in [3.63, 3.8) is 0 Å². The minimum absolute atomic E-state index is 0.149. The number of aliphatic hydroxyl groups is 1. The molecule has 1 saturated heterocycles. The van der Waals surface area contributed by atoms with Crippen LogP contribution < -0.4 is 0 Å². The second-order valence-corrected chi connectivity index (χ2v) is 6.60. The maximum absolute atomic E-state index is 9.66. The molecule has 1 aromatic carbocycles. The van der Waals surface area contributed by atoms with Crippen LogP contribution in [-0.2, 0) is 5.41 Å². The van der Waals surface area contributed by atoms with Gasteiger partial charge in [-0.2, -0.15) is 0 Å². The largest absolute Gasteiger partial charge is 0.393 e. The number of nitrogens with zero attached hydrogens (tertiary/aromatic N) is 1. The van der Waals surface area contributed by atoms with Crippen molar-refractivity contribution >= 4 is 0 Å². The molecule has 1 fully saturated rings. The van der Waals surface area contributed by atoms with Gasteiger partial charge in [-0.15, -0.1) is 0 Å². The fourth-order valence-electron chi connectivity index (χ4n) is 3.13. The fraction of sp³-hybridized carbons (Fsp3) is 0.647. The van der Waals surface area contributed by atoms with Crippen molar-refractivity contribution in [1.82, 2.24) is 4.90 Å². The van der Waals surface area contributed by atoms with E-state index < -0.39 is 0 Å². The molecule has 2 nitrogen and oxygen atoms in total. The molecule has 1 aromatic rings. The van der Waals surface area contributed by atoms with Crippen molar-refractivity contribution in [3.8, 4) is 0 Å². The van der Waals surface area contributed by atoms with E-state index in [1.54, 1.807) is 0 Å². The summed E-state index contributed by atoms with van der Waals surface area (Å²) in [5.41, 5.74) is 1.60. The molecule has 1 atom stereocenters. The van der Waals surface area contributed by atoms with Gasteiger partial charge in [0.05, 0.1) is 6.10 Å². The van der Waals surface area contributed by atoms with Crippen molar-refractivity contribution < 1.29 is 5.11 Å². The van der Waals surface area contributed by atoms with Crippen LogP contribution in [0.25, 0.3) is 0 Å². The normalized spacial score (nSPS) is 20.4. The van der Waals surface area contributed by atoms with Crippen molar-refractivity contribution in [2.24, 2.45) is 5.92 Å². The first-order valence-corrected chi connectivity index (χ1v) is 7.45. The summed E-state index contributed by atoms with van der Waals surface area (Å²) in [6, 6.07) is 10.8. The molecule has 1 aliphatic heterocycles. The molecular weight excluding hydrogens is 234 g/mol. The van der Waals surface area contributed by atoms with Crippen LogP contribution in [0.3, 0.4) is 0 Å². The standard InChI is InChI=1S/C17H27NO/c1-14(19)15-9-11-18(12-10-15)13-17(2,3)16-7-5-4-6-8-16/h4-8,14-15,19H,9-13H2,1-3H3. The Labute approximate surface area is 117 Å². The second-order valence-electron chi connectivity index (χ2n) is 6.60. The summed E-state index contributed by atoms with van der Waals surface area (Å²) in [4.78, 5) is 2.55. The molecule has 0 aliphatic carbocycles. The predicted molar refractivity (Wildman–Crippen MR) is 80.3 cm³/mol. The fourth-order valence-corrected chi connectivity index (χ4v) is 3.13. The molecule has 0 spiro atoms. The molecule has 0 aromatic heterocycles. The van der Waals surface area contributed by atoms with Crippen molar-refractivity contribution in [2.75, 3.05) is 19.6 Å². The molecule has 0 saturated carbocycles. The van der Waals surface area contributed by atoms with Crippen LogP contribution in [-0.4, -0.2) is 35.7 Å². The smallest absolute Gasteiger partial charge is 0.0541 e. The van der Waals surface area contributed by atoms with Gasteiger partial charge in [-0.05, 0) is 44.3 Å². The molecule has 0 bridgehead atoms.